The maximum Gasteiger partial charge on any atom is 0.0579 e. The molecule has 0 aliphatic carbocycles. The van der Waals surface area contributed by atoms with E-state index in [4.69, 9.17) is 5.73 Å². The lowest BCUT2D eigenvalue weighted by Gasteiger charge is -2.16. The molecule has 0 saturated heterocycles. The molecular formula is C12H21N3. The number of aryl methyl sites for hydroxylation is 1. The monoisotopic (exact) mass is 207 g/mol. The molecule has 0 aliphatic rings. The zero-order valence-electron chi connectivity index (χ0n) is 9.88. The van der Waals surface area contributed by atoms with Crippen LogP contribution in [0.15, 0.2) is 18.2 Å². The first-order chi connectivity index (χ1) is 7.15. The van der Waals surface area contributed by atoms with Gasteiger partial charge in [-0.05, 0) is 32.1 Å². The number of nitrogens with two attached hydrogens (primary N) is 1. The van der Waals surface area contributed by atoms with Crippen LogP contribution < -0.4 is 11.1 Å². The highest BCUT2D eigenvalue weighted by atomic mass is 15.1. The number of nitrogens with zero attached hydrogens (tertiary/aromatic N) is 1. The topological polar surface area (TPSA) is 41.3 Å². The van der Waals surface area contributed by atoms with Crippen molar-refractivity contribution in [3.05, 3.63) is 23.8 Å². The van der Waals surface area contributed by atoms with E-state index in [1.807, 2.05) is 25.1 Å². The van der Waals surface area contributed by atoms with Gasteiger partial charge in [-0.2, -0.15) is 0 Å². The van der Waals surface area contributed by atoms with Crippen molar-refractivity contribution >= 4 is 11.4 Å². The van der Waals surface area contributed by atoms with E-state index in [0.717, 1.165) is 36.6 Å². The van der Waals surface area contributed by atoms with Crippen LogP contribution in [-0.4, -0.2) is 31.6 Å². The van der Waals surface area contributed by atoms with Crippen molar-refractivity contribution in [1.29, 1.82) is 0 Å². The van der Waals surface area contributed by atoms with Gasteiger partial charge in [0.15, 0.2) is 0 Å². The van der Waals surface area contributed by atoms with Crippen molar-refractivity contribution in [2.45, 2.75) is 13.8 Å². The van der Waals surface area contributed by atoms with Crippen LogP contribution in [0.1, 0.15) is 12.5 Å². The van der Waals surface area contributed by atoms with Gasteiger partial charge in [-0.15, -0.1) is 0 Å². The Hall–Kier alpha value is -1.22. The van der Waals surface area contributed by atoms with E-state index >= 15 is 0 Å². The maximum absolute atomic E-state index is 5.96. The van der Waals surface area contributed by atoms with Gasteiger partial charge in [0.25, 0.3) is 0 Å². The lowest BCUT2D eigenvalue weighted by Crippen LogP contribution is -2.24. The van der Waals surface area contributed by atoms with Crippen molar-refractivity contribution in [2.24, 2.45) is 0 Å². The third kappa shape index (κ3) is 3.44. The molecule has 0 fully saturated rings. The third-order valence-electron chi connectivity index (χ3n) is 2.67. The van der Waals surface area contributed by atoms with E-state index in [1.54, 1.807) is 0 Å². The predicted molar refractivity (Wildman–Crippen MR) is 67.3 cm³/mol. The molecule has 1 aromatic carbocycles. The minimum Gasteiger partial charge on any atom is -0.397 e. The fourth-order valence-electron chi connectivity index (χ4n) is 1.37. The molecule has 1 aromatic rings. The predicted octanol–water partition coefficient (Wildman–Crippen LogP) is 1.94. The van der Waals surface area contributed by atoms with Gasteiger partial charge in [-0.3, -0.25) is 0 Å². The maximum atomic E-state index is 5.96. The summed E-state index contributed by atoms with van der Waals surface area (Å²) in [6.07, 6.45) is 0. The summed E-state index contributed by atoms with van der Waals surface area (Å²) < 4.78 is 0. The van der Waals surface area contributed by atoms with Gasteiger partial charge in [0.2, 0.25) is 0 Å². The number of para-hydroxylation sites is 1. The summed E-state index contributed by atoms with van der Waals surface area (Å²) in [5, 5.41) is 3.35. The molecule has 0 aromatic heterocycles. The van der Waals surface area contributed by atoms with Crippen LogP contribution in [0, 0.1) is 6.92 Å². The van der Waals surface area contributed by atoms with Crippen LogP contribution in [0.25, 0.3) is 0 Å². The van der Waals surface area contributed by atoms with Gasteiger partial charge in [-0.25, -0.2) is 0 Å². The van der Waals surface area contributed by atoms with E-state index < -0.39 is 0 Å². The normalized spacial score (nSPS) is 10.7. The molecule has 3 nitrogen and oxygen atoms in total. The minimum absolute atomic E-state index is 0.858. The molecule has 84 valence electrons. The van der Waals surface area contributed by atoms with Crippen LogP contribution in [0.4, 0.5) is 11.4 Å². The van der Waals surface area contributed by atoms with Crippen molar-refractivity contribution in [1.82, 2.24) is 4.90 Å². The molecule has 0 aliphatic heterocycles. The molecule has 0 bridgehead atoms. The first-order valence-corrected chi connectivity index (χ1v) is 5.42. The van der Waals surface area contributed by atoms with Crippen LogP contribution >= 0.6 is 0 Å². The molecule has 3 N–H and O–H groups in total. The zero-order chi connectivity index (χ0) is 11.3. The highest BCUT2D eigenvalue weighted by molar-refractivity contribution is 5.69. The Balaban J connectivity index is 2.47. The molecule has 0 radical (unpaired) electrons. The standard InChI is InChI=1S/C12H21N3/c1-4-15(3)9-8-14-11-7-5-6-10(2)12(11)13/h5-7,14H,4,8-9,13H2,1-3H3. The van der Waals surface area contributed by atoms with E-state index in [9.17, 15) is 0 Å². The summed E-state index contributed by atoms with van der Waals surface area (Å²) in [4.78, 5) is 2.26. The van der Waals surface area contributed by atoms with Gasteiger partial charge < -0.3 is 16.0 Å². The molecule has 0 amide bonds. The van der Waals surface area contributed by atoms with Gasteiger partial charge >= 0.3 is 0 Å². The largest absolute Gasteiger partial charge is 0.397 e. The molecule has 15 heavy (non-hydrogen) atoms. The first-order valence-electron chi connectivity index (χ1n) is 5.42. The van der Waals surface area contributed by atoms with Gasteiger partial charge in [0, 0.05) is 13.1 Å². The molecule has 0 unspecified atom stereocenters. The molecule has 0 saturated carbocycles. The zero-order valence-corrected chi connectivity index (χ0v) is 9.88. The SMILES string of the molecule is CCN(C)CCNc1cccc(C)c1N. The number of anilines is 2. The molecule has 3 heteroatoms. The number of hydrogen-bond donors (Lipinski definition) is 2. The molecule has 0 heterocycles. The van der Waals surface area contributed by atoms with Crippen molar-refractivity contribution < 1.29 is 0 Å². The second-order valence-electron chi connectivity index (χ2n) is 3.86. The van der Waals surface area contributed by atoms with Crippen molar-refractivity contribution in [2.75, 3.05) is 37.7 Å². The number of rotatable bonds is 5. The third-order valence-corrected chi connectivity index (χ3v) is 2.67. The van der Waals surface area contributed by atoms with E-state index in [2.05, 4.69) is 24.2 Å². The molecule has 0 spiro atoms. The van der Waals surface area contributed by atoms with Crippen molar-refractivity contribution in [3.63, 3.8) is 0 Å². The van der Waals surface area contributed by atoms with E-state index in [0.29, 0.717) is 0 Å². The van der Waals surface area contributed by atoms with Crippen molar-refractivity contribution in [3.8, 4) is 0 Å². The van der Waals surface area contributed by atoms with Gasteiger partial charge in [-0.1, -0.05) is 19.1 Å². The summed E-state index contributed by atoms with van der Waals surface area (Å²) in [5.41, 5.74) is 8.98. The van der Waals surface area contributed by atoms with Crippen LogP contribution in [0.5, 0.6) is 0 Å². The fraction of sp³-hybridized carbons (Fsp3) is 0.500. The lowest BCUT2D eigenvalue weighted by molar-refractivity contribution is 0.367. The van der Waals surface area contributed by atoms with E-state index in [1.165, 1.54) is 0 Å². The summed E-state index contributed by atoms with van der Waals surface area (Å²) in [7, 11) is 2.11. The Labute approximate surface area is 92.3 Å². The Kier molecular flexibility index (Phi) is 4.43. The highest BCUT2D eigenvalue weighted by Gasteiger charge is 2.00. The number of likely N-dealkylation sites (N-methyl/N-ethyl adjacent to an activating group) is 1. The minimum atomic E-state index is 0.858. The fourth-order valence-corrected chi connectivity index (χ4v) is 1.37. The summed E-state index contributed by atoms with van der Waals surface area (Å²) >= 11 is 0. The quantitative estimate of drug-likeness (QED) is 0.725. The second kappa shape index (κ2) is 5.61. The Morgan fingerprint density at radius 2 is 2.13 bits per heavy atom. The van der Waals surface area contributed by atoms with Crippen LogP contribution in [0.3, 0.4) is 0 Å². The Morgan fingerprint density at radius 3 is 2.80 bits per heavy atom. The smallest absolute Gasteiger partial charge is 0.0579 e. The summed E-state index contributed by atoms with van der Waals surface area (Å²) in [5.74, 6) is 0. The van der Waals surface area contributed by atoms with Gasteiger partial charge in [0.05, 0.1) is 11.4 Å². The highest BCUT2D eigenvalue weighted by Crippen LogP contribution is 2.21. The molecule has 1 rings (SSSR count). The number of nitrogens with one attached hydrogen (secondary N) is 1. The molecular weight excluding hydrogens is 186 g/mol. The average Bonchev–Trinajstić information content (AvgIpc) is 2.24. The summed E-state index contributed by atoms with van der Waals surface area (Å²) in [6, 6.07) is 6.07. The average molecular weight is 207 g/mol. The van der Waals surface area contributed by atoms with Crippen LogP contribution in [-0.2, 0) is 0 Å². The first kappa shape index (κ1) is 11.9. The lowest BCUT2D eigenvalue weighted by atomic mass is 10.2. The van der Waals surface area contributed by atoms with Gasteiger partial charge in [0.1, 0.15) is 0 Å². The van der Waals surface area contributed by atoms with E-state index in [-0.39, 0.29) is 0 Å². The number of nitrogen functional groups attached to an aromatic ring is 1. The molecule has 0 atom stereocenters. The van der Waals surface area contributed by atoms with Crippen LogP contribution in [0.2, 0.25) is 0 Å². The Bertz CT molecular complexity index is 310. The second-order valence-corrected chi connectivity index (χ2v) is 3.86. The summed E-state index contributed by atoms with van der Waals surface area (Å²) in [6.45, 7) is 7.21. The number of benzene rings is 1. The Morgan fingerprint density at radius 1 is 1.40 bits per heavy atom. The number of hydrogen-bond acceptors (Lipinski definition) is 3.